The monoisotopic (exact) mass is 506 g/mol. The number of nitrogens with zero attached hydrogens (tertiary/aromatic N) is 2. The molecule has 3 aromatic rings. The number of carbonyl (C=O) groups excluding carboxylic acids is 1. The number of methoxy groups -OCH3 is 1. The van der Waals surface area contributed by atoms with E-state index in [1.165, 1.54) is 13.2 Å². The zero-order valence-electron chi connectivity index (χ0n) is 19.4. The molecule has 2 aliphatic heterocycles. The van der Waals surface area contributed by atoms with Gasteiger partial charge >= 0.3 is 6.09 Å². The van der Waals surface area contributed by atoms with E-state index in [4.69, 9.17) is 21.1 Å². The maximum atomic E-state index is 13.2. The van der Waals surface area contributed by atoms with Gasteiger partial charge in [-0.2, -0.15) is 0 Å². The van der Waals surface area contributed by atoms with Gasteiger partial charge in [0.15, 0.2) is 0 Å². The molecule has 5 rings (SSSR count). The van der Waals surface area contributed by atoms with E-state index < -0.39 is 12.0 Å². The van der Waals surface area contributed by atoms with Gasteiger partial charge in [0.2, 0.25) is 0 Å². The van der Waals surface area contributed by atoms with Crippen LogP contribution >= 0.6 is 11.6 Å². The van der Waals surface area contributed by atoms with Gasteiger partial charge in [-0.05, 0) is 42.0 Å². The molecule has 2 N–H and O–H groups in total. The fourth-order valence-electron chi connectivity index (χ4n) is 4.51. The van der Waals surface area contributed by atoms with Gasteiger partial charge < -0.3 is 24.6 Å². The summed E-state index contributed by atoms with van der Waals surface area (Å²) in [6.45, 7) is 2.98. The molecule has 9 heteroatoms. The second-order valence-corrected chi connectivity index (χ2v) is 8.78. The summed E-state index contributed by atoms with van der Waals surface area (Å²) in [5.41, 5.74) is 3.03. The Hall–Kier alpha value is -4.01. The van der Waals surface area contributed by atoms with Crippen LogP contribution in [-0.4, -0.2) is 55.6 Å². The zero-order chi connectivity index (χ0) is 25.4. The van der Waals surface area contributed by atoms with Gasteiger partial charge in [0, 0.05) is 35.5 Å². The molecule has 0 saturated carbocycles. The lowest BCUT2D eigenvalue weighted by Crippen LogP contribution is -2.36. The molecule has 2 amide bonds. The first-order valence-corrected chi connectivity index (χ1v) is 11.7. The maximum Gasteiger partial charge on any atom is 0.419 e. The maximum absolute atomic E-state index is 13.2. The van der Waals surface area contributed by atoms with E-state index in [0.29, 0.717) is 35.0 Å². The van der Waals surface area contributed by atoms with E-state index in [-0.39, 0.29) is 27.6 Å². The Morgan fingerprint density at radius 2 is 1.72 bits per heavy atom. The number of anilines is 2. The van der Waals surface area contributed by atoms with Crippen LogP contribution in [0.15, 0.2) is 60.7 Å². The first kappa shape index (κ1) is 23.7. The van der Waals surface area contributed by atoms with Crippen molar-refractivity contribution < 1.29 is 29.3 Å². The molecule has 0 spiro atoms. The lowest BCUT2D eigenvalue weighted by atomic mass is 9.97. The summed E-state index contributed by atoms with van der Waals surface area (Å²) in [5, 5.41) is 21.1. The lowest BCUT2D eigenvalue weighted by molar-refractivity contribution is -0.112. The molecule has 184 valence electrons. The zero-order valence-corrected chi connectivity index (χ0v) is 20.2. The molecule has 0 radical (unpaired) electrons. The average Bonchev–Trinajstić information content (AvgIpc) is 3.19. The van der Waals surface area contributed by atoms with Gasteiger partial charge in [0.25, 0.3) is 5.91 Å². The van der Waals surface area contributed by atoms with Crippen LogP contribution < -0.4 is 14.5 Å². The molecular formula is C27H23ClN2O6. The summed E-state index contributed by atoms with van der Waals surface area (Å²) in [7, 11) is 1.49. The standard InChI is InChI=1S/C27H23ClN2O6/c1-35-19-4-2-3-17(13-19)25(31)24-21-14-20(22(28)15-23(21)30(26(24)32)27(33)34)16-5-7-18(8-6-16)29-9-11-36-12-10-29/h2-8,13-15,31H,9-12H2,1H3,(H,33,34)/b25-24+. The van der Waals surface area contributed by atoms with E-state index in [9.17, 15) is 19.8 Å². The lowest BCUT2D eigenvalue weighted by Gasteiger charge is -2.29. The highest BCUT2D eigenvalue weighted by molar-refractivity contribution is 6.43. The number of aliphatic hydroxyl groups excluding tert-OH is 1. The van der Waals surface area contributed by atoms with Crippen LogP contribution in [0.3, 0.4) is 0 Å². The summed E-state index contributed by atoms with van der Waals surface area (Å²) >= 11 is 6.58. The summed E-state index contributed by atoms with van der Waals surface area (Å²) in [4.78, 5) is 28.0. The number of amides is 2. The van der Waals surface area contributed by atoms with Crippen LogP contribution in [-0.2, 0) is 9.53 Å². The third kappa shape index (κ3) is 4.14. The van der Waals surface area contributed by atoms with Crippen molar-refractivity contribution in [1.82, 2.24) is 0 Å². The predicted octanol–water partition coefficient (Wildman–Crippen LogP) is 5.30. The molecule has 0 aromatic heterocycles. The van der Waals surface area contributed by atoms with E-state index in [1.807, 2.05) is 24.3 Å². The van der Waals surface area contributed by atoms with Crippen molar-refractivity contribution >= 4 is 46.3 Å². The molecule has 0 bridgehead atoms. The number of carbonyl (C=O) groups is 2. The number of hydrogen-bond donors (Lipinski definition) is 2. The average molecular weight is 507 g/mol. The number of carboxylic acid groups (broad SMARTS) is 1. The van der Waals surface area contributed by atoms with Gasteiger partial charge in [-0.1, -0.05) is 35.9 Å². The smallest absolute Gasteiger partial charge is 0.419 e. The van der Waals surface area contributed by atoms with Crippen LogP contribution in [0.4, 0.5) is 16.2 Å². The number of morpholine rings is 1. The first-order valence-electron chi connectivity index (χ1n) is 11.3. The largest absolute Gasteiger partial charge is 0.506 e. The van der Waals surface area contributed by atoms with Crippen LogP contribution in [0.25, 0.3) is 22.5 Å². The van der Waals surface area contributed by atoms with Gasteiger partial charge in [-0.25, -0.2) is 9.69 Å². The Balaban J connectivity index is 1.61. The number of aliphatic hydroxyl groups is 1. The molecule has 36 heavy (non-hydrogen) atoms. The van der Waals surface area contributed by atoms with Gasteiger partial charge in [0.1, 0.15) is 11.5 Å². The minimum absolute atomic E-state index is 0.0932. The number of rotatable bonds is 4. The number of imide groups is 1. The minimum Gasteiger partial charge on any atom is -0.506 e. The highest BCUT2D eigenvalue weighted by Gasteiger charge is 2.40. The summed E-state index contributed by atoms with van der Waals surface area (Å²) < 4.78 is 10.6. The third-order valence-electron chi connectivity index (χ3n) is 6.34. The number of hydrogen-bond acceptors (Lipinski definition) is 6. The molecule has 0 unspecified atom stereocenters. The molecular weight excluding hydrogens is 484 g/mol. The van der Waals surface area contributed by atoms with Crippen molar-refractivity contribution in [3.05, 3.63) is 76.8 Å². The Morgan fingerprint density at radius 1 is 1.00 bits per heavy atom. The van der Waals surface area contributed by atoms with Gasteiger partial charge in [-0.3, -0.25) is 4.79 Å². The molecule has 1 saturated heterocycles. The van der Waals surface area contributed by atoms with E-state index >= 15 is 0 Å². The summed E-state index contributed by atoms with van der Waals surface area (Å²) in [5.74, 6) is -0.717. The predicted molar refractivity (Wildman–Crippen MR) is 138 cm³/mol. The minimum atomic E-state index is -1.46. The molecule has 3 aromatic carbocycles. The van der Waals surface area contributed by atoms with Gasteiger partial charge in [-0.15, -0.1) is 0 Å². The fraction of sp³-hybridized carbons (Fsp3) is 0.185. The second-order valence-electron chi connectivity index (χ2n) is 8.37. The quantitative estimate of drug-likeness (QED) is 0.365. The third-order valence-corrected chi connectivity index (χ3v) is 6.65. The summed E-state index contributed by atoms with van der Waals surface area (Å²) in [6.07, 6.45) is -1.46. The van der Waals surface area contributed by atoms with E-state index in [2.05, 4.69) is 4.90 Å². The molecule has 1 fully saturated rings. The number of halogens is 1. The van der Waals surface area contributed by atoms with Crippen LogP contribution in [0.2, 0.25) is 5.02 Å². The Morgan fingerprint density at radius 3 is 2.39 bits per heavy atom. The van der Waals surface area contributed by atoms with Crippen LogP contribution in [0, 0.1) is 0 Å². The van der Waals surface area contributed by atoms with Crippen molar-refractivity contribution in [3.8, 4) is 16.9 Å². The Bertz CT molecular complexity index is 1380. The summed E-state index contributed by atoms with van der Waals surface area (Å²) in [6, 6.07) is 17.5. The van der Waals surface area contributed by atoms with Crippen molar-refractivity contribution in [2.75, 3.05) is 43.2 Å². The molecule has 8 nitrogen and oxygen atoms in total. The van der Waals surface area contributed by atoms with E-state index in [0.717, 1.165) is 24.3 Å². The molecule has 0 atom stereocenters. The van der Waals surface area contributed by atoms with Gasteiger partial charge in [0.05, 0.1) is 36.6 Å². The number of benzene rings is 3. The van der Waals surface area contributed by atoms with Crippen molar-refractivity contribution in [3.63, 3.8) is 0 Å². The fourth-order valence-corrected chi connectivity index (χ4v) is 4.78. The first-order chi connectivity index (χ1) is 17.4. The van der Waals surface area contributed by atoms with Crippen molar-refractivity contribution in [1.29, 1.82) is 0 Å². The topological polar surface area (TPSA) is 99.5 Å². The Kier molecular flexibility index (Phi) is 6.30. The highest BCUT2D eigenvalue weighted by Crippen LogP contribution is 2.45. The number of ether oxygens (including phenoxy) is 2. The molecule has 2 aliphatic rings. The highest BCUT2D eigenvalue weighted by atomic mass is 35.5. The molecule has 2 heterocycles. The SMILES string of the molecule is COc1cccc(/C(O)=C2\C(=O)N(C(=O)O)c3cc(Cl)c(-c4ccc(N5CCOCC5)cc4)cc32)c1. The normalized spacial score (nSPS) is 16.7. The van der Waals surface area contributed by atoms with Crippen molar-refractivity contribution in [2.24, 2.45) is 0 Å². The van der Waals surface area contributed by atoms with Crippen LogP contribution in [0.5, 0.6) is 5.75 Å². The van der Waals surface area contributed by atoms with Crippen LogP contribution in [0.1, 0.15) is 11.1 Å². The Labute approximate surface area is 212 Å². The second kappa shape index (κ2) is 9.56. The van der Waals surface area contributed by atoms with Crippen molar-refractivity contribution in [2.45, 2.75) is 0 Å². The number of fused-ring (bicyclic) bond motifs is 1. The van der Waals surface area contributed by atoms with E-state index in [1.54, 1.807) is 30.3 Å². The molecule has 0 aliphatic carbocycles.